The average Bonchev–Trinajstić information content (AvgIpc) is 3.90. The second-order valence-electron chi connectivity index (χ2n) is 23.7. The normalized spacial score (nSPS) is 22.5. The Hall–Kier alpha value is -5.88. The highest BCUT2D eigenvalue weighted by molar-refractivity contribution is 6.48. The molecular formula is C61H72Cl4N6O10. The molecule has 2 heterocycles. The zero-order valence-electron chi connectivity index (χ0n) is 47.1. The van der Waals surface area contributed by atoms with Gasteiger partial charge in [0.05, 0.1) is 32.3 Å². The number of carboxylic acid groups (broad SMARTS) is 1. The van der Waals surface area contributed by atoms with Gasteiger partial charge in [-0.2, -0.15) is 0 Å². The van der Waals surface area contributed by atoms with Crippen molar-refractivity contribution in [2.45, 2.75) is 142 Å². The standard InChI is InChI=1S/C31H37Cl2N3O5.C30H35Cl2N3O5/c1-18(19-6-8-20(9-7-19)27(38)34-17-25(37)29(40)41-5)36-28(39)26(21-14-23(32)16-24(33)15-21)35-31(36)12-10-22(11-13-31)30(2,3)4;1-17(18-5-7-19(8-6-18)26(37)33-16-24(36)28(39)40)35-27(38)25(20-13-22(31)15-23(32)14-20)34-30(35)11-9-21(10-12-30)29(2,3)4/h6-9,14-16,18,22,25,37H,10-13,17H2,1-5H3,(H,34,38);5-8,13-15,17,21,24,36H,9-12,16H2,1-4H3,(H,33,37)(H,39,40)/t18-,22?,25?,31?;17-,21?,24?,30?/m11/s1. The first kappa shape index (κ1) is 62.7. The molecule has 4 amide bonds. The number of rotatable bonds is 14. The Labute approximate surface area is 493 Å². The minimum absolute atomic E-state index is 0.157. The molecule has 2 saturated carbocycles. The van der Waals surface area contributed by atoms with Gasteiger partial charge in [0.15, 0.2) is 12.2 Å². The number of carbonyl (C=O) groups excluding carboxylic acids is 5. The topological polar surface area (TPSA) is 228 Å². The number of aliphatic carboxylic acids is 1. The number of aliphatic imine (C=N–C) groups is 2. The second kappa shape index (κ2) is 25.3. The van der Waals surface area contributed by atoms with Gasteiger partial charge in [-0.3, -0.25) is 29.2 Å². The summed E-state index contributed by atoms with van der Waals surface area (Å²) in [7, 11) is 1.16. The lowest BCUT2D eigenvalue weighted by atomic mass is 9.69. The van der Waals surface area contributed by atoms with Crippen LogP contribution in [0.25, 0.3) is 0 Å². The van der Waals surface area contributed by atoms with Crippen LogP contribution in [0.5, 0.6) is 0 Å². The van der Waals surface area contributed by atoms with Gasteiger partial charge in [0.25, 0.3) is 23.6 Å². The van der Waals surface area contributed by atoms with E-state index in [9.17, 15) is 39.0 Å². The number of nitrogens with one attached hydrogen (secondary N) is 2. The fourth-order valence-corrected chi connectivity index (χ4v) is 12.7. The molecule has 4 aromatic carbocycles. The van der Waals surface area contributed by atoms with E-state index < -0.39 is 53.8 Å². The number of benzene rings is 4. The zero-order chi connectivity index (χ0) is 59.5. The number of amides is 4. The molecule has 81 heavy (non-hydrogen) atoms. The fourth-order valence-electron chi connectivity index (χ4n) is 11.7. The predicted molar refractivity (Wildman–Crippen MR) is 314 cm³/mol. The van der Waals surface area contributed by atoms with E-state index in [2.05, 4.69) is 56.9 Å². The number of esters is 1. The summed E-state index contributed by atoms with van der Waals surface area (Å²) in [6.45, 7) is 16.8. The molecule has 2 aliphatic heterocycles. The Morgan fingerprint density at radius 1 is 0.593 bits per heavy atom. The minimum Gasteiger partial charge on any atom is -0.479 e. The van der Waals surface area contributed by atoms with Crippen molar-refractivity contribution in [2.24, 2.45) is 32.7 Å². The number of hydrogen-bond donors (Lipinski definition) is 5. The number of halogens is 4. The summed E-state index contributed by atoms with van der Waals surface area (Å²) in [4.78, 5) is 89.3. The maximum atomic E-state index is 14.1. The molecule has 20 heteroatoms. The lowest BCUT2D eigenvalue weighted by Gasteiger charge is -2.46. The summed E-state index contributed by atoms with van der Waals surface area (Å²) in [6.07, 6.45) is 3.59. The maximum absolute atomic E-state index is 14.1. The van der Waals surface area contributed by atoms with Crippen LogP contribution in [0, 0.1) is 22.7 Å². The van der Waals surface area contributed by atoms with Crippen LogP contribution in [0.2, 0.25) is 20.1 Å². The third-order valence-electron chi connectivity index (χ3n) is 16.4. The third-order valence-corrected chi connectivity index (χ3v) is 17.3. The van der Waals surface area contributed by atoms with Gasteiger partial charge in [-0.1, -0.05) is 112 Å². The summed E-state index contributed by atoms with van der Waals surface area (Å²) in [6, 6.07) is 23.2. The van der Waals surface area contributed by atoms with Crippen molar-refractivity contribution in [3.63, 3.8) is 0 Å². The summed E-state index contributed by atoms with van der Waals surface area (Å²) >= 11 is 25.1. The highest BCUT2D eigenvalue weighted by atomic mass is 35.5. The van der Waals surface area contributed by atoms with Gasteiger partial charge in [0.1, 0.15) is 22.7 Å². The summed E-state index contributed by atoms with van der Waals surface area (Å²) in [5.41, 5.74) is 3.16. The second-order valence-corrected chi connectivity index (χ2v) is 25.5. The number of hydrogen-bond acceptors (Lipinski definition) is 11. The van der Waals surface area contributed by atoms with Crippen LogP contribution < -0.4 is 10.6 Å². The molecule has 0 bridgehead atoms. The Morgan fingerprint density at radius 2 is 0.914 bits per heavy atom. The predicted octanol–water partition coefficient (Wildman–Crippen LogP) is 11.1. The third kappa shape index (κ3) is 14.3. The number of methoxy groups -OCH3 is 1. The molecule has 0 radical (unpaired) electrons. The van der Waals surface area contributed by atoms with Crippen molar-refractivity contribution >= 4 is 93.4 Å². The molecule has 2 aliphatic carbocycles. The molecular weight excluding hydrogens is 1120 g/mol. The first-order valence-electron chi connectivity index (χ1n) is 27.2. The van der Waals surface area contributed by atoms with Crippen molar-refractivity contribution < 1.29 is 48.8 Å². The van der Waals surface area contributed by atoms with E-state index in [0.29, 0.717) is 65.6 Å². The van der Waals surface area contributed by atoms with Gasteiger partial charge >= 0.3 is 11.9 Å². The number of carboxylic acids is 1. The lowest BCUT2D eigenvalue weighted by Crippen LogP contribution is -2.50. The van der Waals surface area contributed by atoms with Crippen molar-refractivity contribution in [3.8, 4) is 0 Å². The SMILES string of the molecule is COC(=O)C(O)CNC(=O)c1ccc([C@@H](C)N2C(=O)C(c3cc(Cl)cc(Cl)c3)=NC23CCC(C(C)(C)C)CC3)cc1.C[C@H](c1ccc(C(=O)NCC(O)C(=O)O)cc1)N1C(=O)C(c2cc(Cl)cc(Cl)c2)=NC12CCC(C(C)(C)C)CC2. The highest BCUT2D eigenvalue weighted by Gasteiger charge is 2.54. The molecule has 4 aliphatic rings. The fraction of sp³-hybridized carbons (Fsp3) is 0.475. The number of aliphatic hydroxyl groups excluding tert-OH is 2. The van der Waals surface area contributed by atoms with Gasteiger partial charge in [-0.15, -0.1) is 0 Å². The Balaban J connectivity index is 0.000000234. The van der Waals surface area contributed by atoms with Crippen LogP contribution in [0.3, 0.4) is 0 Å². The average molecular weight is 1190 g/mol. The summed E-state index contributed by atoms with van der Waals surface area (Å²) in [5.74, 6) is -2.50. The van der Waals surface area contributed by atoms with Gasteiger partial charge in [0.2, 0.25) is 0 Å². The number of carbonyl (C=O) groups is 6. The largest absolute Gasteiger partial charge is 0.479 e. The first-order chi connectivity index (χ1) is 38.0. The smallest absolute Gasteiger partial charge is 0.336 e. The molecule has 16 nitrogen and oxygen atoms in total. The van der Waals surface area contributed by atoms with Gasteiger partial charge in [-0.25, -0.2) is 9.59 Å². The van der Waals surface area contributed by atoms with E-state index in [1.807, 2.05) is 35.8 Å². The van der Waals surface area contributed by atoms with Gasteiger partial charge in [0, 0.05) is 42.3 Å². The van der Waals surface area contributed by atoms with Crippen LogP contribution in [-0.4, -0.2) is 116 Å². The molecule has 2 fully saturated rings. The van der Waals surface area contributed by atoms with Crippen molar-refractivity contribution in [1.29, 1.82) is 0 Å². The molecule has 0 aromatic heterocycles. The summed E-state index contributed by atoms with van der Waals surface area (Å²) < 4.78 is 4.47. The molecule has 434 valence electrons. The van der Waals surface area contributed by atoms with Crippen LogP contribution >= 0.6 is 46.4 Å². The highest BCUT2D eigenvalue weighted by Crippen LogP contribution is 2.51. The minimum atomic E-state index is -1.68. The van der Waals surface area contributed by atoms with E-state index in [1.165, 1.54) is 0 Å². The van der Waals surface area contributed by atoms with E-state index >= 15 is 0 Å². The number of ether oxygens (including phenoxy) is 1. The molecule has 2 unspecified atom stereocenters. The number of aliphatic hydroxyl groups is 2. The van der Waals surface area contributed by atoms with Crippen LogP contribution in [0.4, 0.5) is 0 Å². The van der Waals surface area contributed by atoms with E-state index in [0.717, 1.165) is 69.6 Å². The molecule has 4 atom stereocenters. The molecule has 2 spiro atoms. The lowest BCUT2D eigenvalue weighted by molar-refractivity contribution is -0.150. The monoisotopic (exact) mass is 1190 g/mol. The van der Waals surface area contributed by atoms with Crippen LogP contribution in [0.1, 0.15) is 162 Å². The maximum Gasteiger partial charge on any atom is 0.336 e. The quantitative estimate of drug-likeness (QED) is 0.0750. The first-order valence-corrected chi connectivity index (χ1v) is 28.7. The van der Waals surface area contributed by atoms with Gasteiger partial charge < -0.3 is 40.5 Å². The van der Waals surface area contributed by atoms with E-state index in [1.54, 1.807) is 72.8 Å². The molecule has 4 aromatic rings. The van der Waals surface area contributed by atoms with Crippen LogP contribution in [-0.2, 0) is 23.9 Å². The Bertz CT molecular complexity index is 3040. The summed E-state index contributed by atoms with van der Waals surface area (Å²) in [5, 5.41) is 34.6. The van der Waals surface area contributed by atoms with E-state index in [4.69, 9.17) is 61.5 Å². The van der Waals surface area contributed by atoms with Gasteiger partial charge in [-0.05, 0) is 160 Å². The Morgan fingerprint density at radius 3 is 1.21 bits per heavy atom. The number of nitrogens with zero attached hydrogens (tertiary/aromatic N) is 4. The molecule has 0 saturated heterocycles. The van der Waals surface area contributed by atoms with Crippen molar-refractivity contribution in [2.75, 3.05) is 20.2 Å². The van der Waals surface area contributed by atoms with Crippen molar-refractivity contribution in [1.82, 2.24) is 20.4 Å². The van der Waals surface area contributed by atoms with E-state index in [-0.39, 0.29) is 41.3 Å². The van der Waals surface area contributed by atoms with Crippen molar-refractivity contribution in [3.05, 3.63) is 138 Å². The molecule has 8 rings (SSSR count). The zero-order valence-corrected chi connectivity index (χ0v) is 50.1. The molecule has 5 N–H and O–H groups in total. The van der Waals surface area contributed by atoms with Crippen LogP contribution in [0.15, 0.2) is 94.9 Å². The Kier molecular flexibility index (Phi) is 19.6.